The van der Waals surface area contributed by atoms with Crippen molar-refractivity contribution in [2.24, 2.45) is 0 Å². The van der Waals surface area contributed by atoms with Crippen LogP contribution in [-0.4, -0.2) is 22.0 Å². The molecule has 0 saturated carbocycles. The van der Waals surface area contributed by atoms with E-state index in [0.717, 1.165) is 22.9 Å². The van der Waals surface area contributed by atoms with E-state index in [1.54, 1.807) is 37.3 Å². The van der Waals surface area contributed by atoms with E-state index in [1.807, 2.05) is 36.4 Å². The van der Waals surface area contributed by atoms with Crippen molar-refractivity contribution < 1.29 is 18.8 Å². The molecule has 3 amide bonds. The van der Waals surface area contributed by atoms with Crippen molar-refractivity contribution in [3.8, 4) is 11.1 Å². The molecule has 3 aromatic rings. The Bertz CT molecular complexity index is 1110. The number of hydrogen-bond donors (Lipinski definition) is 0. The average Bonchev–Trinajstić information content (AvgIpc) is 3.24. The third-order valence-electron chi connectivity index (χ3n) is 4.25. The van der Waals surface area contributed by atoms with Crippen molar-refractivity contribution in [1.29, 1.82) is 0 Å². The molecule has 1 aromatic heterocycles. The first-order valence-corrected chi connectivity index (χ1v) is 9.39. The summed E-state index contributed by atoms with van der Waals surface area (Å²) in [7, 11) is 0. The summed E-state index contributed by atoms with van der Waals surface area (Å²) >= 11 is 0.727. The smallest absolute Gasteiger partial charge is 0.300 e. The molecule has 2 aromatic carbocycles. The summed E-state index contributed by atoms with van der Waals surface area (Å²) < 4.78 is 5.42. The Morgan fingerprint density at radius 2 is 1.71 bits per heavy atom. The Kier molecular flexibility index (Phi) is 4.71. The highest BCUT2D eigenvalue weighted by Gasteiger charge is 2.40. The van der Waals surface area contributed by atoms with Gasteiger partial charge >= 0.3 is 5.24 Å². The highest BCUT2D eigenvalue weighted by atomic mass is 32.2. The molecule has 1 fully saturated rings. The quantitative estimate of drug-likeness (QED) is 0.459. The van der Waals surface area contributed by atoms with Crippen molar-refractivity contribution in [2.75, 3.05) is 0 Å². The van der Waals surface area contributed by atoms with Gasteiger partial charge in [0.05, 0.1) is 4.91 Å². The number of thioether (sulfide) groups is 1. The maximum Gasteiger partial charge on any atom is 0.300 e. The summed E-state index contributed by atoms with van der Waals surface area (Å²) in [5.41, 5.74) is 2.05. The first-order chi connectivity index (χ1) is 13.5. The Balaban J connectivity index is 1.62. The van der Waals surface area contributed by atoms with Gasteiger partial charge in [0, 0.05) is 11.6 Å². The van der Waals surface area contributed by atoms with E-state index in [9.17, 15) is 14.4 Å². The van der Waals surface area contributed by atoms with Gasteiger partial charge in [0.2, 0.25) is 0 Å². The van der Waals surface area contributed by atoms with Crippen LogP contribution in [0.2, 0.25) is 0 Å². The topological polar surface area (TPSA) is 67.6 Å². The molecular formula is C22H15NO4S. The second kappa shape index (κ2) is 7.32. The van der Waals surface area contributed by atoms with E-state index in [-0.39, 0.29) is 10.5 Å². The lowest BCUT2D eigenvalue weighted by atomic mass is 10.0. The van der Waals surface area contributed by atoms with Crippen molar-refractivity contribution in [2.45, 2.75) is 6.92 Å². The van der Waals surface area contributed by atoms with Crippen molar-refractivity contribution >= 4 is 34.9 Å². The number of amides is 3. The van der Waals surface area contributed by atoms with Gasteiger partial charge in [-0.25, -0.2) is 4.90 Å². The standard InChI is InChI=1S/C22H15NO4S/c1-14-10-11-18(27-14)13-19-21(25)23(22(26)28-19)20(24)17-9-5-8-16(12-17)15-6-3-2-4-7-15/h2-13H,1H3/b19-13-. The first kappa shape index (κ1) is 18.0. The molecule has 0 aliphatic carbocycles. The number of furan rings is 1. The van der Waals surface area contributed by atoms with Gasteiger partial charge in [-0.1, -0.05) is 42.5 Å². The Morgan fingerprint density at radius 1 is 0.964 bits per heavy atom. The summed E-state index contributed by atoms with van der Waals surface area (Å²) in [5.74, 6) is -0.126. The summed E-state index contributed by atoms with van der Waals surface area (Å²) in [4.78, 5) is 38.7. The molecule has 0 bridgehead atoms. The van der Waals surface area contributed by atoms with Crippen LogP contribution in [0.1, 0.15) is 21.9 Å². The predicted octanol–water partition coefficient (Wildman–Crippen LogP) is 5.13. The molecule has 0 spiro atoms. The average molecular weight is 389 g/mol. The van der Waals surface area contributed by atoms with Gasteiger partial charge in [-0.3, -0.25) is 14.4 Å². The van der Waals surface area contributed by atoms with Crippen LogP contribution in [0.4, 0.5) is 4.79 Å². The number of nitrogens with zero attached hydrogens (tertiary/aromatic N) is 1. The van der Waals surface area contributed by atoms with Crippen LogP contribution in [0.3, 0.4) is 0 Å². The summed E-state index contributed by atoms with van der Waals surface area (Å²) in [6.45, 7) is 1.78. The number of carbonyl (C=O) groups is 3. The zero-order valence-corrected chi connectivity index (χ0v) is 15.7. The van der Waals surface area contributed by atoms with Gasteiger partial charge in [0.15, 0.2) is 0 Å². The van der Waals surface area contributed by atoms with Crippen molar-refractivity contribution in [3.63, 3.8) is 0 Å². The van der Waals surface area contributed by atoms with Crippen LogP contribution >= 0.6 is 11.8 Å². The lowest BCUT2D eigenvalue weighted by Crippen LogP contribution is -2.34. The van der Waals surface area contributed by atoms with Crippen LogP contribution in [0.5, 0.6) is 0 Å². The minimum absolute atomic E-state index is 0.159. The molecule has 1 aliphatic rings. The number of aryl methyl sites for hydroxylation is 1. The fourth-order valence-electron chi connectivity index (χ4n) is 2.89. The second-order valence-electron chi connectivity index (χ2n) is 6.22. The first-order valence-electron chi connectivity index (χ1n) is 8.57. The van der Waals surface area contributed by atoms with E-state index in [1.165, 1.54) is 6.08 Å². The van der Waals surface area contributed by atoms with E-state index in [4.69, 9.17) is 4.42 Å². The minimum Gasteiger partial charge on any atom is -0.462 e. The van der Waals surface area contributed by atoms with E-state index < -0.39 is 17.1 Å². The SMILES string of the molecule is Cc1ccc(/C=C2\SC(=O)N(C(=O)c3cccc(-c4ccccc4)c3)C2=O)o1. The van der Waals surface area contributed by atoms with Crippen LogP contribution in [0, 0.1) is 6.92 Å². The van der Waals surface area contributed by atoms with Crippen LogP contribution in [0.15, 0.2) is 76.1 Å². The van der Waals surface area contributed by atoms with Gasteiger partial charge in [0.1, 0.15) is 11.5 Å². The van der Waals surface area contributed by atoms with Gasteiger partial charge in [-0.2, -0.15) is 0 Å². The molecule has 2 heterocycles. The summed E-state index contributed by atoms with van der Waals surface area (Å²) in [6.07, 6.45) is 1.48. The summed E-state index contributed by atoms with van der Waals surface area (Å²) in [5, 5.41) is -0.616. The maximum atomic E-state index is 12.9. The lowest BCUT2D eigenvalue weighted by molar-refractivity contribution is -0.120. The van der Waals surface area contributed by atoms with Gasteiger partial charge in [-0.05, 0) is 54.1 Å². The Morgan fingerprint density at radius 3 is 2.43 bits per heavy atom. The molecule has 28 heavy (non-hydrogen) atoms. The van der Waals surface area contributed by atoms with Crippen molar-refractivity contribution in [1.82, 2.24) is 4.90 Å². The molecule has 0 unspecified atom stereocenters. The summed E-state index contributed by atoms with van der Waals surface area (Å²) in [6, 6.07) is 19.9. The molecule has 6 heteroatoms. The molecule has 1 aliphatic heterocycles. The normalized spacial score (nSPS) is 15.5. The third-order valence-corrected chi connectivity index (χ3v) is 5.12. The number of benzene rings is 2. The predicted molar refractivity (Wildman–Crippen MR) is 107 cm³/mol. The molecular weight excluding hydrogens is 374 g/mol. The Labute approximate surface area is 165 Å². The lowest BCUT2D eigenvalue weighted by Gasteiger charge is -2.11. The Hall–Kier alpha value is -3.38. The maximum absolute atomic E-state index is 12.9. The number of hydrogen-bond acceptors (Lipinski definition) is 5. The van der Waals surface area contributed by atoms with E-state index in [0.29, 0.717) is 16.4 Å². The second-order valence-corrected chi connectivity index (χ2v) is 7.21. The largest absolute Gasteiger partial charge is 0.462 e. The zero-order chi connectivity index (χ0) is 19.7. The number of carbonyl (C=O) groups excluding carboxylic acids is 3. The fraction of sp³-hybridized carbons (Fsp3) is 0.0455. The number of rotatable bonds is 3. The van der Waals surface area contributed by atoms with Gasteiger partial charge in [0.25, 0.3) is 11.8 Å². The monoisotopic (exact) mass is 389 g/mol. The molecule has 5 nitrogen and oxygen atoms in total. The zero-order valence-electron chi connectivity index (χ0n) is 14.9. The molecule has 4 rings (SSSR count). The molecule has 0 radical (unpaired) electrons. The highest BCUT2D eigenvalue weighted by Crippen LogP contribution is 2.34. The minimum atomic E-state index is -0.640. The molecule has 138 valence electrons. The van der Waals surface area contributed by atoms with Crippen LogP contribution < -0.4 is 0 Å². The molecule has 0 N–H and O–H groups in total. The molecule has 1 saturated heterocycles. The van der Waals surface area contributed by atoms with Crippen LogP contribution in [-0.2, 0) is 4.79 Å². The van der Waals surface area contributed by atoms with Crippen molar-refractivity contribution in [3.05, 3.63) is 88.7 Å². The van der Waals surface area contributed by atoms with Gasteiger partial charge < -0.3 is 4.42 Å². The van der Waals surface area contributed by atoms with E-state index >= 15 is 0 Å². The number of imide groups is 3. The fourth-order valence-corrected chi connectivity index (χ4v) is 3.69. The molecule has 0 atom stereocenters. The van der Waals surface area contributed by atoms with Crippen LogP contribution in [0.25, 0.3) is 17.2 Å². The third kappa shape index (κ3) is 3.42. The highest BCUT2D eigenvalue weighted by molar-refractivity contribution is 8.18. The van der Waals surface area contributed by atoms with E-state index in [2.05, 4.69) is 0 Å². The van der Waals surface area contributed by atoms with Gasteiger partial charge in [-0.15, -0.1) is 0 Å².